The van der Waals surface area contributed by atoms with Gasteiger partial charge in [0.1, 0.15) is 12.4 Å². The van der Waals surface area contributed by atoms with Crippen LogP contribution in [0, 0.1) is 0 Å². The van der Waals surface area contributed by atoms with Crippen LogP contribution in [0.2, 0.25) is 0 Å². The maximum Gasteiger partial charge on any atom is 0.119 e. The normalized spacial score (nSPS) is 15.0. The zero-order valence-electron chi connectivity index (χ0n) is 8.15. The molecule has 1 aromatic carbocycles. The number of para-hydroxylation sites is 1. The quantitative estimate of drug-likeness (QED) is 0.703. The van der Waals surface area contributed by atoms with Gasteiger partial charge >= 0.3 is 0 Å². The molecule has 0 saturated carbocycles. The van der Waals surface area contributed by atoms with Crippen LogP contribution in [0.5, 0.6) is 5.75 Å². The first-order valence-corrected chi connectivity index (χ1v) is 4.97. The predicted octanol–water partition coefficient (Wildman–Crippen LogP) is 3.34. The van der Waals surface area contributed by atoms with E-state index < -0.39 is 0 Å². The highest BCUT2D eigenvalue weighted by Crippen LogP contribution is 2.14. The Hall–Kier alpha value is -1.50. The molecule has 0 saturated heterocycles. The molecule has 0 spiro atoms. The van der Waals surface area contributed by atoms with Crippen molar-refractivity contribution in [2.24, 2.45) is 0 Å². The molecule has 0 heterocycles. The maximum absolute atomic E-state index is 5.64. The number of ether oxygens (including phenoxy) is 1. The van der Waals surface area contributed by atoms with Crippen LogP contribution < -0.4 is 4.74 Å². The van der Waals surface area contributed by atoms with Gasteiger partial charge in [-0.05, 0) is 30.5 Å². The first kappa shape index (κ1) is 9.07. The Bertz CT molecular complexity index is 336. The van der Waals surface area contributed by atoms with E-state index in [2.05, 4.69) is 18.2 Å². The van der Waals surface area contributed by atoms with Crippen molar-refractivity contribution < 1.29 is 4.74 Å². The Kier molecular flexibility index (Phi) is 3.02. The van der Waals surface area contributed by atoms with Gasteiger partial charge in [0.25, 0.3) is 0 Å². The number of benzene rings is 1. The molecule has 1 heteroatoms. The van der Waals surface area contributed by atoms with Gasteiger partial charge in [-0.25, -0.2) is 0 Å². The summed E-state index contributed by atoms with van der Waals surface area (Å²) in [6.45, 7) is 0.717. The molecule has 0 amide bonds. The molecule has 0 aromatic heterocycles. The van der Waals surface area contributed by atoms with Gasteiger partial charge in [-0.2, -0.15) is 0 Å². The largest absolute Gasteiger partial charge is 0.489 e. The Balaban J connectivity index is 1.88. The van der Waals surface area contributed by atoms with Crippen LogP contribution in [-0.2, 0) is 0 Å². The minimum absolute atomic E-state index is 0.717. The van der Waals surface area contributed by atoms with Crippen molar-refractivity contribution >= 4 is 0 Å². The summed E-state index contributed by atoms with van der Waals surface area (Å²) in [7, 11) is 0. The summed E-state index contributed by atoms with van der Waals surface area (Å²) >= 11 is 0. The first-order valence-electron chi connectivity index (χ1n) is 4.97. The van der Waals surface area contributed by atoms with Crippen molar-refractivity contribution in [2.45, 2.75) is 12.8 Å². The molecule has 0 unspecified atom stereocenters. The van der Waals surface area contributed by atoms with E-state index >= 15 is 0 Å². The second kappa shape index (κ2) is 4.66. The van der Waals surface area contributed by atoms with Crippen LogP contribution in [0.25, 0.3) is 0 Å². The molecule has 0 radical (unpaired) electrons. The van der Waals surface area contributed by atoms with Gasteiger partial charge in [0.2, 0.25) is 0 Å². The van der Waals surface area contributed by atoms with Gasteiger partial charge in [0.05, 0.1) is 0 Å². The summed E-state index contributed by atoms with van der Waals surface area (Å²) in [5.74, 6) is 0.947. The van der Waals surface area contributed by atoms with Crippen molar-refractivity contribution in [3.63, 3.8) is 0 Å². The molecule has 0 aliphatic heterocycles. The topological polar surface area (TPSA) is 9.23 Å². The SMILES string of the molecule is C1=CCCC(COc2ccccc2)=C1. The zero-order chi connectivity index (χ0) is 9.64. The third-order valence-corrected chi connectivity index (χ3v) is 2.27. The summed E-state index contributed by atoms with van der Waals surface area (Å²) in [5, 5.41) is 0. The van der Waals surface area contributed by atoms with Gasteiger partial charge in [-0.3, -0.25) is 0 Å². The number of allylic oxidation sites excluding steroid dienone is 3. The molecule has 0 bridgehead atoms. The Morgan fingerprint density at radius 1 is 1.14 bits per heavy atom. The van der Waals surface area contributed by atoms with Gasteiger partial charge in [0, 0.05) is 0 Å². The van der Waals surface area contributed by atoms with E-state index in [1.54, 1.807) is 0 Å². The van der Waals surface area contributed by atoms with Crippen molar-refractivity contribution in [2.75, 3.05) is 6.61 Å². The molecule has 2 rings (SSSR count). The van der Waals surface area contributed by atoms with Crippen molar-refractivity contribution in [3.8, 4) is 5.75 Å². The minimum Gasteiger partial charge on any atom is -0.489 e. The van der Waals surface area contributed by atoms with Crippen LogP contribution in [0.3, 0.4) is 0 Å². The predicted molar refractivity (Wildman–Crippen MR) is 58.4 cm³/mol. The van der Waals surface area contributed by atoms with Crippen LogP contribution in [-0.4, -0.2) is 6.61 Å². The summed E-state index contributed by atoms with van der Waals surface area (Å²) in [6.07, 6.45) is 8.71. The van der Waals surface area contributed by atoms with Gasteiger partial charge in [0.15, 0.2) is 0 Å². The molecule has 1 aromatic rings. The fourth-order valence-electron chi connectivity index (χ4n) is 1.47. The average molecular weight is 186 g/mol. The third kappa shape index (κ3) is 2.49. The fourth-order valence-corrected chi connectivity index (χ4v) is 1.47. The van der Waals surface area contributed by atoms with Gasteiger partial charge in [-0.1, -0.05) is 36.4 Å². The van der Waals surface area contributed by atoms with Crippen molar-refractivity contribution in [1.29, 1.82) is 0 Å². The molecule has 0 atom stereocenters. The maximum atomic E-state index is 5.64. The minimum atomic E-state index is 0.717. The van der Waals surface area contributed by atoms with Crippen LogP contribution in [0.4, 0.5) is 0 Å². The second-order valence-corrected chi connectivity index (χ2v) is 3.39. The van der Waals surface area contributed by atoms with E-state index in [-0.39, 0.29) is 0 Å². The molecule has 1 aliphatic rings. The second-order valence-electron chi connectivity index (χ2n) is 3.39. The summed E-state index contributed by atoms with van der Waals surface area (Å²) in [6, 6.07) is 9.95. The Labute approximate surface area is 84.7 Å². The lowest BCUT2D eigenvalue weighted by Gasteiger charge is -2.10. The molecular weight excluding hydrogens is 172 g/mol. The third-order valence-electron chi connectivity index (χ3n) is 2.27. The summed E-state index contributed by atoms with van der Waals surface area (Å²) < 4.78 is 5.64. The summed E-state index contributed by atoms with van der Waals surface area (Å²) in [4.78, 5) is 0. The highest BCUT2D eigenvalue weighted by molar-refractivity contribution is 5.23. The molecular formula is C13H14O. The molecule has 0 fully saturated rings. The molecule has 14 heavy (non-hydrogen) atoms. The number of rotatable bonds is 3. The monoisotopic (exact) mass is 186 g/mol. The van der Waals surface area contributed by atoms with Crippen molar-refractivity contribution in [3.05, 3.63) is 54.1 Å². The lowest BCUT2D eigenvalue weighted by molar-refractivity contribution is 0.347. The van der Waals surface area contributed by atoms with Crippen LogP contribution >= 0.6 is 0 Å². The van der Waals surface area contributed by atoms with Gasteiger partial charge < -0.3 is 4.74 Å². The summed E-state index contributed by atoms with van der Waals surface area (Å²) in [5.41, 5.74) is 1.37. The lowest BCUT2D eigenvalue weighted by atomic mass is 10.1. The molecule has 1 aliphatic carbocycles. The highest BCUT2D eigenvalue weighted by atomic mass is 16.5. The first-order chi connectivity index (χ1) is 6.95. The van der Waals surface area contributed by atoms with E-state index in [1.807, 2.05) is 30.3 Å². The van der Waals surface area contributed by atoms with E-state index in [0.717, 1.165) is 18.6 Å². The number of hydrogen-bond donors (Lipinski definition) is 0. The Morgan fingerprint density at radius 2 is 2.00 bits per heavy atom. The van der Waals surface area contributed by atoms with Crippen LogP contribution in [0.15, 0.2) is 54.1 Å². The Morgan fingerprint density at radius 3 is 2.71 bits per heavy atom. The van der Waals surface area contributed by atoms with Gasteiger partial charge in [-0.15, -0.1) is 0 Å². The zero-order valence-corrected chi connectivity index (χ0v) is 8.15. The molecule has 1 nitrogen and oxygen atoms in total. The standard InChI is InChI=1S/C13H14O/c1-3-7-12(8-4-1)11-14-13-9-5-2-6-10-13/h1-3,5-7,9-10H,4,8,11H2. The lowest BCUT2D eigenvalue weighted by Crippen LogP contribution is -2.02. The number of hydrogen-bond acceptors (Lipinski definition) is 1. The fraction of sp³-hybridized carbons (Fsp3) is 0.231. The molecule has 72 valence electrons. The average Bonchev–Trinajstić information content (AvgIpc) is 2.29. The molecule has 0 N–H and O–H groups in total. The van der Waals surface area contributed by atoms with E-state index in [0.29, 0.717) is 6.61 Å². The highest BCUT2D eigenvalue weighted by Gasteiger charge is 2.00. The van der Waals surface area contributed by atoms with E-state index in [9.17, 15) is 0 Å². The smallest absolute Gasteiger partial charge is 0.119 e. The van der Waals surface area contributed by atoms with E-state index in [1.165, 1.54) is 5.57 Å². The van der Waals surface area contributed by atoms with Crippen molar-refractivity contribution in [1.82, 2.24) is 0 Å². The van der Waals surface area contributed by atoms with E-state index in [4.69, 9.17) is 4.74 Å². The van der Waals surface area contributed by atoms with Crippen LogP contribution in [0.1, 0.15) is 12.8 Å².